The number of pyridine rings is 1. The molecule has 0 radical (unpaired) electrons. The van der Waals surface area contributed by atoms with E-state index in [1.807, 2.05) is 6.20 Å². The Morgan fingerprint density at radius 1 is 1.26 bits per heavy atom. The smallest absolute Gasteiger partial charge is 0.133 e. The van der Waals surface area contributed by atoms with Gasteiger partial charge in [0.1, 0.15) is 5.82 Å². The van der Waals surface area contributed by atoms with Crippen LogP contribution in [0.1, 0.15) is 44.1 Å². The van der Waals surface area contributed by atoms with Crippen molar-refractivity contribution in [3.05, 3.63) is 22.3 Å². The average molecular weight is 344 g/mol. The van der Waals surface area contributed by atoms with Crippen molar-refractivity contribution in [3.8, 4) is 0 Å². The minimum Gasteiger partial charge on any atom is -0.353 e. The highest BCUT2D eigenvalue weighted by atomic mass is 79.9. The molecule has 1 aromatic heterocycles. The molecule has 1 aromatic rings. The maximum absolute atomic E-state index is 6.11. The predicted octanol–water partition coefficient (Wildman–Crippen LogP) is 4.74. The number of rotatable bonds is 2. The van der Waals surface area contributed by atoms with Gasteiger partial charge in [0.05, 0.1) is 5.88 Å². The fourth-order valence-electron chi connectivity index (χ4n) is 3.72. The lowest BCUT2D eigenvalue weighted by atomic mass is 9.78. The summed E-state index contributed by atoms with van der Waals surface area (Å²) < 4.78 is 1.02. The van der Waals surface area contributed by atoms with Crippen molar-refractivity contribution in [2.24, 2.45) is 5.92 Å². The van der Waals surface area contributed by atoms with E-state index in [2.05, 4.69) is 31.9 Å². The maximum atomic E-state index is 6.11. The number of anilines is 1. The maximum Gasteiger partial charge on any atom is 0.133 e. The molecule has 2 unspecified atom stereocenters. The van der Waals surface area contributed by atoms with Gasteiger partial charge < -0.3 is 4.90 Å². The van der Waals surface area contributed by atoms with Crippen molar-refractivity contribution in [1.29, 1.82) is 0 Å². The second kappa shape index (κ2) is 6.01. The molecule has 2 atom stereocenters. The molecule has 104 valence electrons. The normalized spacial score (nSPS) is 27.2. The van der Waals surface area contributed by atoms with Crippen molar-refractivity contribution >= 4 is 33.3 Å². The van der Waals surface area contributed by atoms with Crippen LogP contribution in [-0.2, 0) is 5.88 Å². The fraction of sp³-hybridized carbons (Fsp3) is 0.667. The topological polar surface area (TPSA) is 16.1 Å². The van der Waals surface area contributed by atoms with Crippen molar-refractivity contribution in [3.63, 3.8) is 0 Å². The highest BCUT2D eigenvalue weighted by Gasteiger charge is 2.34. The molecule has 19 heavy (non-hydrogen) atoms. The van der Waals surface area contributed by atoms with Crippen molar-refractivity contribution < 1.29 is 0 Å². The molecule has 1 aliphatic carbocycles. The Morgan fingerprint density at radius 2 is 2.05 bits per heavy atom. The van der Waals surface area contributed by atoms with E-state index in [-0.39, 0.29) is 0 Å². The summed E-state index contributed by atoms with van der Waals surface area (Å²) in [6.07, 6.45) is 10.1. The third-order valence-corrected chi connectivity index (χ3v) is 5.29. The summed E-state index contributed by atoms with van der Waals surface area (Å²) in [4.78, 5) is 7.20. The Morgan fingerprint density at radius 3 is 2.89 bits per heavy atom. The summed E-state index contributed by atoms with van der Waals surface area (Å²) in [5, 5.41) is 0. The fourth-order valence-corrected chi connectivity index (χ4v) is 4.29. The number of alkyl halides is 1. The molecule has 2 aliphatic rings. The van der Waals surface area contributed by atoms with Crippen LogP contribution in [0.4, 0.5) is 5.82 Å². The largest absolute Gasteiger partial charge is 0.353 e. The van der Waals surface area contributed by atoms with E-state index < -0.39 is 0 Å². The van der Waals surface area contributed by atoms with Crippen LogP contribution in [-0.4, -0.2) is 17.6 Å². The number of hydrogen-bond donors (Lipinski definition) is 0. The predicted molar refractivity (Wildman–Crippen MR) is 83.8 cm³/mol. The van der Waals surface area contributed by atoms with Crippen molar-refractivity contribution in [2.45, 2.75) is 50.4 Å². The Bertz CT molecular complexity index is 450. The first-order chi connectivity index (χ1) is 9.29. The van der Waals surface area contributed by atoms with E-state index in [0.29, 0.717) is 11.9 Å². The molecule has 0 bridgehead atoms. The number of halogens is 2. The van der Waals surface area contributed by atoms with Gasteiger partial charge in [0.15, 0.2) is 0 Å². The van der Waals surface area contributed by atoms with Crippen LogP contribution in [0.5, 0.6) is 0 Å². The van der Waals surface area contributed by atoms with Gasteiger partial charge in [-0.15, -0.1) is 11.6 Å². The van der Waals surface area contributed by atoms with Crippen molar-refractivity contribution in [1.82, 2.24) is 4.98 Å². The molecule has 2 fully saturated rings. The van der Waals surface area contributed by atoms with Crippen LogP contribution in [0.15, 0.2) is 16.7 Å². The van der Waals surface area contributed by atoms with Gasteiger partial charge >= 0.3 is 0 Å². The van der Waals surface area contributed by atoms with Crippen LogP contribution in [0.2, 0.25) is 0 Å². The van der Waals surface area contributed by atoms with Crippen LogP contribution in [0.25, 0.3) is 0 Å². The summed E-state index contributed by atoms with van der Waals surface area (Å²) in [5.74, 6) is 2.53. The minimum atomic E-state index is 0.537. The lowest BCUT2D eigenvalue weighted by Gasteiger charge is -2.45. The van der Waals surface area contributed by atoms with E-state index in [0.717, 1.165) is 28.3 Å². The number of fused-ring (bicyclic) bond motifs is 1. The molecule has 1 saturated carbocycles. The van der Waals surface area contributed by atoms with E-state index >= 15 is 0 Å². The molecule has 0 spiro atoms. The number of nitrogens with zero attached hydrogens (tertiary/aromatic N) is 2. The molecule has 1 saturated heterocycles. The number of aromatic nitrogens is 1. The Balaban J connectivity index is 1.91. The molecule has 2 heterocycles. The Hall–Kier alpha value is -0.280. The van der Waals surface area contributed by atoms with Gasteiger partial charge in [-0.25, -0.2) is 4.98 Å². The second-order valence-corrected chi connectivity index (χ2v) is 6.90. The monoisotopic (exact) mass is 342 g/mol. The van der Waals surface area contributed by atoms with E-state index in [4.69, 9.17) is 11.6 Å². The zero-order valence-corrected chi connectivity index (χ0v) is 13.5. The first-order valence-electron chi connectivity index (χ1n) is 7.26. The van der Waals surface area contributed by atoms with Crippen LogP contribution < -0.4 is 4.90 Å². The lowest BCUT2D eigenvalue weighted by Crippen LogP contribution is -2.47. The highest BCUT2D eigenvalue weighted by molar-refractivity contribution is 9.10. The SMILES string of the molecule is ClCc1cc(Br)cnc1N1CCCC2CCCCC21. The van der Waals surface area contributed by atoms with Crippen LogP contribution >= 0.6 is 27.5 Å². The van der Waals surface area contributed by atoms with Crippen LogP contribution in [0, 0.1) is 5.92 Å². The van der Waals surface area contributed by atoms with Gasteiger partial charge in [-0.3, -0.25) is 0 Å². The molecule has 2 nitrogen and oxygen atoms in total. The van der Waals surface area contributed by atoms with E-state index in [1.54, 1.807) is 0 Å². The number of piperidine rings is 1. The zero-order valence-electron chi connectivity index (χ0n) is 11.1. The van der Waals surface area contributed by atoms with Gasteiger partial charge in [0.25, 0.3) is 0 Å². The number of hydrogen-bond acceptors (Lipinski definition) is 2. The van der Waals surface area contributed by atoms with Crippen LogP contribution in [0.3, 0.4) is 0 Å². The molecule has 3 rings (SSSR count). The Labute approximate surface area is 128 Å². The standard InChI is InChI=1S/C15H20BrClN2/c16-13-8-12(9-17)15(18-10-13)19-7-3-5-11-4-1-2-6-14(11)19/h8,10-11,14H,1-7,9H2. The highest BCUT2D eigenvalue weighted by Crippen LogP contribution is 2.38. The van der Waals surface area contributed by atoms with Gasteiger partial charge in [0, 0.05) is 28.8 Å². The lowest BCUT2D eigenvalue weighted by molar-refractivity contribution is 0.242. The molecule has 0 amide bonds. The quantitative estimate of drug-likeness (QED) is 0.721. The summed E-state index contributed by atoms with van der Waals surface area (Å²) in [6.45, 7) is 1.14. The zero-order chi connectivity index (χ0) is 13.2. The molecule has 0 N–H and O–H groups in total. The van der Waals surface area contributed by atoms with E-state index in [9.17, 15) is 0 Å². The third-order valence-electron chi connectivity index (χ3n) is 4.57. The third kappa shape index (κ3) is 2.78. The Kier molecular flexibility index (Phi) is 4.33. The minimum absolute atomic E-state index is 0.537. The van der Waals surface area contributed by atoms with E-state index in [1.165, 1.54) is 38.5 Å². The summed E-state index contributed by atoms with van der Waals surface area (Å²) in [6, 6.07) is 2.81. The molecular formula is C15H20BrClN2. The van der Waals surface area contributed by atoms with Crippen molar-refractivity contribution in [2.75, 3.05) is 11.4 Å². The first kappa shape index (κ1) is 13.7. The van der Waals surface area contributed by atoms with Gasteiger partial charge in [-0.05, 0) is 53.6 Å². The average Bonchev–Trinajstić information content (AvgIpc) is 2.46. The summed E-state index contributed by atoms with van der Waals surface area (Å²) >= 11 is 9.60. The van der Waals surface area contributed by atoms with Gasteiger partial charge in [-0.2, -0.15) is 0 Å². The van der Waals surface area contributed by atoms with Gasteiger partial charge in [0.2, 0.25) is 0 Å². The summed E-state index contributed by atoms with van der Waals surface area (Å²) in [5.41, 5.74) is 1.15. The first-order valence-corrected chi connectivity index (χ1v) is 8.59. The second-order valence-electron chi connectivity index (χ2n) is 5.72. The molecule has 0 aromatic carbocycles. The van der Waals surface area contributed by atoms with Gasteiger partial charge in [-0.1, -0.05) is 12.8 Å². The molecule has 4 heteroatoms. The molecular weight excluding hydrogens is 324 g/mol. The summed E-state index contributed by atoms with van der Waals surface area (Å²) in [7, 11) is 0. The molecule has 1 aliphatic heterocycles.